The van der Waals surface area contributed by atoms with Crippen LogP contribution in [0.4, 0.5) is 29.6 Å². The number of alkyl halides is 3. The van der Waals surface area contributed by atoms with Gasteiger partial charge in [-0.05, 0) is 48.3 Å². The number of H-pyrrole nitrogens is 1. The van der Waals surface area contributed by atoms with Crippen LogP contribution < -0.4 is 15.3 Å². The van der Waals surface area contributed by atoms with E-state index in [0.717, 1.165) is 35.5 Å². The number of amides is 2. The maximum atomic E-state index is 13.9. The quantitative estimate of drug-likeness (QED) is 0.344. The Labute approximate surface area is 217 Å². The molecule has 198 valence electrons. The first-order valence-electron chi connectivity index (χ1n) is 12.1. The van der Waals surface area contributed by atoms with E-state index in [1.807, 2.05) is 36.2 Å². The number of nitrogens with zero attached hydrogens (tertiary/aromatic N) is 5. The highest BCUT2D eigenvalue weighted by Gasteiger charge is 2.34. The largest absolute Gasteiger partial charge is 0.416 e. The van der Waals surface area contributed by atoms with E-state index < -0.39 is 17.8 Å². The molecule has 1 aliphatic rings. The first kappa shape index (κ1) is 25.6. The van der Waals surface area contributed by atoms with Crippen molar-refractivity contribution in [3.8, 4) is 11.4 Å². The third kappa shape index (κ3) is 5.76. The summed E-state index contributed by atoms with van der Waals surface area (Å²) in [6.07, 6.45) is -1.07. The van der Waals surface area contributed by atoms with Crippen LogP contribution in [-0.2, 0) is 19.8 Å². The van der Waals surface area contributed by atoms with Gasteiger partial charge in [-0.2, -0.15) is 23.0 Å². The van der Waals surface area contributed by atoms with Crippen LogP contribution in [0.5, 0.6) is 0 Å². The van der Waals surface area contributed by atoms with E-state index in [1.165, 1.54) is 12.1 Å². The normalized spacial score (nSPS) is 15.1. The van der Waals surface area contributed by atoms with Crippen LogP contribution in [0.3, 0.4) is 0 Å². The lowest BCUT2D eigenvalue weighted by molar-refractivity contribution is -0.716. The minimum Gasteiger partial charge on any atom is -0.308 e. The van der Waals surface area contributed by atoms with Crippen molar-refractivity contribution in [3.63, 3.8) is 0 Å². The Morgan fingerprint density at radius 1 is 1.05 bits per heavy atom. The summed E-state index contributed by atoms with van der Waals surface area (Å²) in [7, 11) is 3.74. The monoisotopic (exact) mass is 525 g/mol. The van der Waals surface area contributed by atoms with Gasteiger partial charge in [-0.1, -0.05) is 12.1 Å². The lowest BCUT2D eigenvalue weighted by atomic mass is 10.0. The number of aromatic nitrogens is 4. The molecule has 0 radical (unpaired) electrons. The predicted molar refractivity (Wildman–Crippen MR) is 137 cm³/mol. The maximum Gasteiger partial charge on any atom is 0.416 e. The number of benzene rings is 2. The van der Waals surface area contributed by atoms with E-state index in [9.17, 15) is 18.0 Å². The topological polar surface area (TPSA) is 93.1 Å². The highest BCUT2D eigenvalue weighted by atomic mass is 19.4. The number of rotatable bonds is 5. The number of anilines is 2. The second-order valence-corrected chi connectivity index (χ2v) is 9.42. The molecular weight excluding hydrogens is 497 g/mol. The van der Waals surface area contributed by atoms with Gasteiger partial charge in [0.1, 0.15) is 7.05 Å². The molecule has 4 aromatic rings. The average molecular weight is 526 g/mol. The van der Waals surface area contributed by atoms with Crippen LogP contribution in [0.2, 0.25) is 0 Å². The Kier molecular flexibility index (Phi) is 7.00. The Morgan fingerprint density at radius 3 is 2.61 bits per heavy atom. The molecule has 12 heteroatoms. The second kappa shape index (κ2) is 10.4. The fraction of sp³-hybridized carbons (Fsp3) is 0.308. The molecule has 2 aromatic carbocycles. The second-order valence-electron chi connectivity index (χ2n) is 9.42. The SMILES string of the molecule is CN1CCN(Cc2ccc(NC(=O)Nc3nc(-c4ccc5ccncc5c4)[n+](C)[nH]3)cc2C(F)(F)F)CC1. The van der Waals surface area contributed by atoms with Gasteiger partial charge in [-0.25, -0.2) is 4.79 Å². The van der Waals surface area contributed by atoms with Gasteiger partial charge in [0.2, 0.25) is 0 Å². The number of pyridine rings is 1. The Balaban J connectivity index is 1.29. The molecule has 0 saturated carbocycles. The average Bonchev–Trinajstić information content (AvgIpc) is 3.24. The summed E-state index contributed by atoms with van der Waals surface area (Å²) in [4.78, 5) is 25.3. The number of hydrogen-bond acceptors (Lipinski definition) is 5. The number of aromatic amines is 1. The zero-order chi connectivity index (χ0) is 26.9. The summed E-state index contributed by atoms with van der Waals surface area (Å²) in [6.45, 7) is 3.23. The van der Waals surface area contributed by atoms with Crippen LogP contribution in [0, 0.1) is 0 Å². The fourth-order valence-corrected chi connectivity index (χ4v) is 4.53. The molecule has 1 aliphatic heterocycles. The fourth-order valence-electron chi connectivity index (χ4n) is 4.53. The van der Waals surface area contributed by atoms with Crippen molar-refractivity contribution in [1.29, 1.82) is 0 Å². The van der Waals surface area contributed by atoms with E-state index in [-0.39, 0.29) is 23.7 Å². The van der Waals surface area contributed by atoms with Gasteiger partial charge >= 0.3 is 24.0 Å². The van der Waals surface area contributed by atoms with Gasteiger partial charge in [-0.15, -0.1) is 0 Å². The highest BCUT2D eigenvalue weighted by Crippen LogP contribution is 2.34. The van der Waals surface area contributed by atoms with Gasteiger partial charge in [0.25, 0.3) is 0 Å². The summed E-state index contributed by atoms with van der Waals surface area (Å²) < 4.78 is 43.2. The van der Waals surface area contributed by atoms with E-state index in [4.69, 9.17) is 0 Å². The van der Waals surface area contributed by atoms with Crippen molar-refractivity contribution in [2.45, 2.75) is 12.7 Å². The molecule has 0 aliphatic carbocycles. The standard InChI is InChI=1S/C26H27F3N8O/c1-35-9-11-37(12-10-35)16-19-5-6-21(14-22(19)26(27,28)29)31-25(38)33-24-32-23(36(2)34-24)18-4-3-17-7-8-30-15-20(17)13-18/h3-8,13-15H,9-12,16H2,1-2H3,(H2,31,33,34,38)/p+1. The number of urea groups is 1. The van der Waals surface area contributed by atoms with Crippen molar-refractivity contribution in [3.05, 3.63) is 66.0 Å². The number of carbonyl (C=O) groups is 1. The van der Waals surface area contributed by atoms with Crippen molar-refractivity contribution in [2.24, 2.45) is 7.05 Å². The molecule has 5 rings (SSSR count). The van der Waals surface area contributed by atoms with Crippen LogP contribution in [0.15, 0.2) is 54.9 Å². The zero-order valence-corrected chi connectivity index (χ0v) is 21.0. The molecule has 1 saturated heterocycles. The van der Waals surface area contributed by atoms with Gasteiger partial charge < -0.3 is 10.2 Å². The minimum absolute atomic E-state index is 0.0372. The number of fused-ring (bicyclic) bond motifs is 1. The van der Waals surface area contributed by atoms with Crippen LogP contribution in [0.25, 0.3) is 22.2 Å². The Hall–Kier alpha value is -4.03. The molecule has 0 bridgehead atoms. The lowest BCUT2D eigenvalue weighted by Crippen LogP contribution is -2.44. The zero-order valence-electron chi connectivity index (χ0n) is 21.0. The molecule has 0 unspecified atom stereocenters. The van der Waals surface area contributed by atoms with Crippen LogP contribution in [-0.4, -0.2) is 64.1 Å². The molecule has 3 heterocycles. The third-order valence-electron chi connectivity index (χ3n) is 6.60. The molecule has 2 amide bonds. The number of nitrogens with one attached hydrogen (secondary N) is 3. The van der Waals surface area contributed by atoms with Gasteiger partial charge in [-0.3, -0.25) is 15.2 Å². The molecule has 0 spiro atoms. The van der Waals surface area contributed by atoms with Crippen LogP contribution >= 0.6 is 0 Å². The molecular formula is C26H28F3N8O+. The number of likely N-dealkylation sites (N-methyl/N-ethyl adjacent to an activating group) is 1. The molecule has 1 fully saturated rings. The molecule has 3 N–H and O–H groups in total. The molecule has 9 nitrogen and oxygen atoms in total. The van der Waals surface area contributed by atoms with Crippen molar-refractivity contribution >= 4 is 28.4 Å². The van der Waals surface area contributed by atoms with E-state index in [2.05, 4.69) is 30.6 Å². The first-order valence-corrected chi connectivity index (χ1v) is 12.1. The summed E-state index contributed by atoms with van der Waals surface area (Å²) in [5.74, 6) is 0.715. The molecule has 2 aromatic heterocycles. The van der Waals surface area contributed by atoms with E-state index in [1.54, 1.807) is 24.1 Å². The van der Waals surface area contributed by atoms with Gasteiger partial charge in [0.05, 0.1) is 11.1 Å². The molecule has 0 atom stereocenters. The maximum absolute atomic E-state index is 13.9. The van der Waals surface area contributed by atoms with Crippen molar-refractivity contribution < 1.29 is 22.6 Å². The third-order valence-corrected chi connectivity index (χ3v) is 6.60. The van der Waals surface area contributed by atoms with Gasteiger partial charge in [0.15, 0.2) is 0 Å². The number of hydrogen-bond donors (Lipinski definition) is 3. The van der Waals surface area contributed by atoms with Crippen LogP contribution in [0.1, 0.15) is 11.1 Å². The summed E-state index contributed by atoms with van der Waals surface area (Å²) in [6, 6.07) is 10.9. The van der Waals surface area contributed by atoms with E-state index in [0.29, 0.717) is 18.9 Å². The number of aryl methyl sites for hydroxylation is 1. The van der Waals surface area contributed by atoms with Crippen molar-refractivity contribution in [2.75, 3.05) is 43.9 Å². The number of carbonyl (C=O) groups excluding carboxylic acids is 1. The Morgan fingerprint density at radius 2 is 1.84 bits per heavy atom. The minimum atomic E-state index is -4.55. The first-order chi connectivity index (χ1) is 18.2. The number of piperazine rings is 1. The molecule has 38 heavy (non-hydrogen) atoms. The van der Waals surface area contributed by atoms with Crippen molar-refractivity contribution in [1.82, 2.24) is 24.9 Å². The Bertz CT molecular complexity index is 1460. The summed E-state index contributed by atoms with van der Waals surface area (Å²) >= 11 is 0. The van der Waals surface area contributed by atoms with E-state index >= 15 is 0 Å². The number of halogens is 3. The predicted octanol–water partition coefficient (Wildman–Crippen LogP) is 3.86. The highest BCUT2D eigenvalue weighted by molar-refractivity contribution is 5.98. The van der Waals surface area contributed by atoms with Gasteiger partial charge in [0, 0.05) is 61.2 Å². The summed E-state index contributed by atoms with van der Waals surface area (Å²) in [5.41, 5.74) is 0.270. The smallest absolute Gasteiger partial charge is 0.308 e. The summed E-state index contributed by atoms with van der Waals surface area (Å²) in [5, 5.41) is 9.95. The lowest BCUT2D eigenvalue weighted by Gasteiger charge is -2.33.